The van der Waals surface area contributed by atoms with Gasteiger partial charge in [0.25, 0.3) is 0 Å². The number of halogens is 1. The fourth-order valence-electron chi connectivity index (χ4n) is 2.27. The number of nitrogens with one attached hydrogen (secondary N) is 3. The third-order valence-corrected chi connectivity index (χ3v) is 5.28. The van der Waals surface area contributed by atoms with E-state index in [0.717, 1.165) is 5.56 Å². The van der Waals surface area contributed by atoms with Crippen molar-refractivity contribution in [1.29, 1.82) is 0 Å². The molecule has 0 saturated heterocycles. The molecule has 7 nitrogen and oxygen atoms in total. The molecular weight excluding hydrogens is 352 g/mol. The molecule has 1 heterocycles. The van der Waals surface area contributed by atoms with Crippen LogP contribution in [-0.4, -0.2) is 37.6 Å². The highest BCUT2D eigenvalue weighted by atomic mass is 35.5. The van der Waals surface area contributed by atoms with Gasteiger partial charge in [-0.3, -0.25) is 9.89 Å². The van der Waals surface area contributed by atoms with E-state index in [-0.39, 0.29) is 11.4 Å². The Kier molecular flexibility index (Phi) is 5.98. The molecule has 0 aliphatic carbocycles. The highest BCUT2D eigenvalue weighted by molar-refractivity contribution is 7.89. The van der Waals surface area contributed by atoms with Crippen LogP contribution in [0.1, 0.15) is 17.0 Å². The van der Waals surface area contributed by atoms with Crippen LogP contribution in [0.2, 0.25) is 5.02 Å². The number of benzene rings is 1. The fourth-order valence-corrected chi connectivity index (χ4v) is 3.83. The zero-order valence-electron chi connectivity index (χ0n) is 13.4. The van der Waals surface area contributed by atoms with Crippen molar-refractivity contribution >= 4 is 27.5 Å². The number of sulfonamides is 1. The molecule has 130 valence electrons. The quantitative estimate of drug-likeness (QED) is 0.683. The van der Waals surface area contributed by atoms with E-state index in [9.17, 15) is 13.2 Å². The molecule has 0 fully saturated rings. The molecule has 1 amide bonds. The predicted octanol–water partition coefficient (Wildman–Crippen LogP) is 1.32. The molecular formula is C15H19ClN4O3S. The van der Waals surface area contributed by atoms with E-state index in [0.29, 0.717) is 29.4 Å². The lowest BCUT2D eigenvalue weighted by molar-refractivity contribution is -0.119. The largest absolute Gasteiger partial charge is 0.355 e. The zero-order valence-corrected chi connectivity index (χ0v) is 15.0. The van der Waals surface area contributed by atoms with Gasteiger partial charge in [0.05, 0.1) is 17.9 Å². The van der Waals surface area contributed by atoms with Gasteiger partial charge in [-0.2, -0.15) is 5.10 Å². The first-order valence-electron chi connectivity index (χ1n) is 7.32. The van der Waals surface area contributed by atoms with Gasteiger partial charge in [0.15, 0.2) is 0 Å². The van der Waals surface area contributed by atoms with E-state index >= 15 is 0 Å². The Bertz CT molecular complexity index is 813. The molecule has 3 N–H and O–H groups in total. The van der Waals surface area contributed by atoms with Crippen LogP contribution in [0.25, 0.3) is 0 Å². The summed E-state index contributed by atoms with van der Waals surface area (Å²) in [4.78, 5) is 11.9. The molecule has 1 aromatic heterocycles. The summed E-state index contributed by atoms with van der Waals surface area (Å²) in [5.74, 6) is -0.403. The lowest BCUT2D eigenvalue weighted by Gasteiger charge is -2.08. The van der Waals surface area contributed by atoms with Crippen LogP contribution < -0.4 is 10.0 Å². The smallest absolute Gasteiger partial charge is 0.244 e. The van der Waals surface area contributed by atoms with Crippen LogP contribution in [0, 0.1) is 13.8 Å². The normalized spacial score (nSPS) is 11.5. The van der Waals surface area contributed by atoms with Crippen molar-refractivity contribution in [1.82, 2.24) is 20.2 Å². The summed E-state index contributed by atoms with van der Waals surface area (Å²) < 4.78 is 26.7. The second kappa shape index (κ2) is 7.78. The molecule has 24 heavy (non-hydrogen) atoms. The van der Waals surface area contributed by atoms with E-state index in [1.165, 1.54) is 0 Å². The second-order valence-electron chi connectivity index (χ2n) is 5.32. The van der Waals surface area contributed by atoms with Crippen molar-refractivity contribution < 1.29 is 13.2 Å². The highest BCUT2D eigenvalue weighted by Crippen LogP contribution is 2.15. The van der Waals surface area contributed by atoms with Gasteiger partial charge in [-0.05, 0) is 38.0 Å². The second-order valence-corrected chi connectivity index (χ2v) is 7.46. The van der Waals surface area contributed by atoms with Crippen molar-refractivity contribution in [2.45, 2.75) is 25.2 Å². The minimum atomic E-state index is -3.78. The summed E-state index contributed by atoms with van der Waals surface area (Å²) in [5.41, 5.74) is 1.79. The van der Waals surface area contributed by atoms with Crippen molar-refractivity contribution in [3.63, 3.8) is 0 Å². The Morgan fingerprint density at radius 3 is 2.71 bits per heavy atom. The van der Waals surface area contributed by atoms with Gasteiger partial charge < -0.3 is 5.32 Å². The molecule has 0 unspecified atom stereocenters. The number of carbonyl (C=O) groups excluding carboxylic acids is 1. The summed E-state index contributed by atoms with van der Waals surface area (Å²) in [6.45, 7) is 3.26. The number of carbonyl (C=O) groups is 1. The van der Waals surface area contributed by atoms with Gasteiger partial charge in [0, 0.05) is 11.6 Å². The molecule has 2 rings (SSSR count). The van der Waals surface area contributed by atoms with E-state index < -0.39 is 15.9 Å². The van der Waals surface area contributed by atoms with Gasteiger partial charge in [-0.1, -0.05) is 23.7 Å². The molecule has 1 aromatic carbocycles. The van der Waals surface area contributed by atoms with Crippen molar-refractivity contribution in [3.8, 4) is 0 Å². The van der Waals surface area contributed by atoms with Gasteiger partial charge >= 0.3 is 0 Å². The summed E-state index contributed by atoms with van der Waals surface area (Å²) in [6.07, 6.45) is 0.610. The first-order valence-corrected chi connectivity index (χ1v) is 9.18. The van der Waals surface area contributed by atoms with Crippen LogP contribution >= 0.6 is 11.6 Å². The Hall–Kier alpha value is -1.90. The van der Waals surface area contributed by atoms with Crippen LogP contribution in [0.15, 0.2) is 29.2 Å². The third kappa shape index (κ3) is 4.80. The third-order valence-electron chi connectivity index (χ3n) is 3.38. The summed E-state index contributed by atoms with van der Waals surface area (Å²) in [6, 6.07) is 7.34. The average molecular weight is 371 g/mol. The molecule has 2 aromatic rings. The predicted molar refractivity (Wildman–Crippen MR) is 91.4 cm³/mol. The first-order chi connectivity index (χ1) is 11.3. The molecule has 0 saturated carbocycles. The summed E-state index contributed by atoms with van der Waals surface area (Å²) in [7, 11) is -3.78. The van der Waals surface area contributed by atoms with Gasteiger partial charge in [0.2, 0.25) is 15.9 Å². The van der Waals surface area contributed by atoms with Crippen molar-refractivity contribution in [2.75, 3.05) is 13.1 Å². The molecule has 0 aliphatic heterocycles. The molecule has 0 atom stereocenters. The molecule has 0 radical (unpaired) electrons. The van der Waals surface area contributed by atoms with E-state index in [1.807, 2.05) is 18.2 Å². The lowest BCUT2D eigenvalue weighted by atomic mass is 10.1. The summed E-state index contributed by atoms with van der Waals surface area (Å²) in [5, 5.41) is 9.75. The SMILES string of the molecule is Cc1n[nH]c(C)c1S(=O)(=O)NCC(=O)NCCc1cccc(Cl)c1. The zero-order chi connectivity index (χ0) is 17.7. The van der Waals surface area contributed by atoms with Crippen LogP contribution in [-0.2, 0) is 21.2 Å². The van der Waals surface area contributed by atoms with E-state index in [4.69, 9.17) is 11.6 Å². The van der Waals surface area contributed by atoms with Gasteiger partial charge in [-0.15, -0.1) is 0 Å². The Morgan fingerprint density at radius 1 is 1.33 bits per heavy atom. The van der Waals surface area contributed by atoms with Crippen LogP contribution in [0.3, 0.4) is 0 Å². The Morgan fingerprint density at radius 2 is 2.08 bits per heavy atom. The van der Waals surface area contributed by atoms with Crippen LogP contribution in [0.5, 0.6) is 0 Å². The van der Waals surface area contributed by atoms with E-state index in [2.05, 4.69) is 20.2 Å². The number of rotatable bonds is 7. The Labute approximate surface area is 145 Å². The standard InChI is InChI=1S/C15H19ClN4O3S/c1-10-15(11(2)20-19-10)24(22,23)18-9-14(21)17-7-6-12-4-3-5-13(16)8-12/h3-5,8,18H,6-7,9H2,1-2H3,(H,17,21)(H,19,20). The minimum absolute atomic E-state index is 0.0780. The number of aryl methyl sites for hydroxylation is 2. The topological polar surface area (TPSA) is 104 Å². The van der Waals surface area contributed by atoms with E-state index in [1.54, 1.807) is 19.9 Å². The lowest BCUT2D eigenvalue weighted by Crippen LogP contribution is -2.37. The fraction of sp³-hybridized carbons (Fsp3) is 0.333. The highest BCUT2D eigenvalue weighted by Gasteiger charge is 2.22. The molecule has 0 spiro atoms. The number of aromatic nitrogens is 2. The minimum Gasteiger partial charge on any atom is -0.355 e. The number of aromatic amines is 1. The Balaban J connectivity index is 1.83. The number of hydrogen-bond donors (Lipinski definition) is 3. The number of amides is 1. The molecule has 0 bridgehead atoms. The maximum absolute atomic E-state index is 12.2. The number of nitrogens with zero attached hydrogens (tertiary/aromatic N) is 1. The first kappa shape index (κ1) is 18.4. The van der Waals surface area contributed by atoms with Gasteiger partial charge in [0.1, 0.15) is 4.90 Å². The van der Waals surface area contributed by atoms with Crippen LogP contribution in [0.4, 0.5) is 0 Å². The number of hydrogen-bond acceptors (Lipinski definition) is 4. The monoisotopic (exact) mass is 370 g/mol. The number of H-pyrrole nitrogens is 1. The maximum Gasteiger partial charge on any atom is 0.244 e. The van der Waals surface area contributed by atoms with Crippen molar-refractivity contribution in [2.24, 2.45) is 0 Å². The molecule has 0 aliphatic rings. The van der Waals surface area contributed by atoms with Gasteiger partial charge in [-0.25, -0.2) is 13.1 Å². The molecule has 9 heteroatoms. The average Bonchev–Trinajstić information content (AvgIpc) is 2.85. The maximum atomic E-state index is 12.2. The van der Waals surface area contributed by atoms with Crippen molar-refractivity contribution in [3.05, 3.63) is 46.2 Å². The summed E-state index contributed by atoms with van der Waals surface area (Å²) >= 11 is 5.89.